The third-order valence-corrected chi connectivity index (χ3v) is 3.25. The van der Waals surface area contributed by atoms with Gasteiger partial charge in [-0.25, -0.2) is 4.79 Å². The Balaban J connectivity index is 1.77. The van der Waals surface area contributed by atoms with Gasteiger partial charge in [0.25, 0.3) is 0 Å². The van der Waals surface area contributed by atoms with Crippen LogP contribution in [0.25, 0.3) is 0 Å². The quantitative estimate of drug-likeness (QED) is 0.907. The van der Waals surface area contributed by atoms with E-state index in [0.717, 1.165) is 0 Å². The lowest BCUT2D eigenvalue weighted by Crippen LogP contribution is -2.45. The standard InChI is InChI=1S/C17H24N2O5/c1-17(2,3)24-16(21)18-9-15(20)19(4)10-12-11-22-13-7-5-6-8-14(13)23-12/h5-8,12H,9-11H2,1-4H3,(H,18,21)/t12-/m1/s1. The van der Waals surface area contributed by atoms with Gasteiger partial charge >= 0.3 is 6.09 Å². The van der Waals surface area contributed by atoms with Crippen LogP contribution < -0.4 is 14.8 Å². The fourth-order valence-electron chi connectivity index (χ4n) is 2.16. The predicted molar refractivity (Wildman–Crippen MR) is 88.2 cm³/mol. The molecule has 0 aromatic heterocycles. The smallest absolute Gasteiger partial charge is 0.408 e. The Labute approximate surface area is 141 Å². The number of nitrogens with zero attached hydrogens (tertiary/aromatic N) is 1. The fourth-order valence-corrected chi connectivity index (χ4v) is 2.16. The Morgan fingerprint density at radius 1 is 1.29 bits per heavy atom. The van der Waals surface area contributed by atoms with E-state index < -0.39 is 11.7 Å². The summed E-state index contributed by atoms with van der Waals surface area (Å²) in [5.74, 6) is 1.14. The molecule has 2 amide bonds. The molecule has 24 heavy (non-hydrogen) atoms. The average Bonchev–Trinajstić information content (AvgIpc) is 2.50. The minimum atomic E-state index is -0.615. The van der Waals surface area contributed by atoms with Gasteiger partial charge in [-0.05, 0) is 32.9 Å². The summed E-state index contributed by atoms with van der Waals surface area (Å²) < 4.78 is 16.5. The molecule has 1 N–H and O–H groups in total. The number of amides is 2. The lowest BCUT2D eigenvalue weighted by molar-refractivity contribution is -0.130. The van der Waals surface area contributed by atoms with E-state index in [9.17, 15) is 9.59 Å². The van der Waals surface area contributed by atoms with Crippen molar-refractivity contribution < 1.29 is 23.8 Å². The molecule has 1 heterocycles. The van der Waals surface area contributed by atoms with Crippen LogP contribution >= 0.6 is 0 Å². The maximum absolute atomic E-state index is 12.1. The third kappa shape index (κ3) is 5.33. The Kier molecular flexibility index (Phi) is 5.54. The molecule has 1 aliphatic rings. The van der Waals surface area contributed by atoms with E-state index in [4.69, 9.17) is 14.2 Å². The number of nitrogens with one attached hydrogen (secondary N) is 1. The summed E-state index contributed by atoms with van der Waals surface area (Å²) in [5.41, 5.74) is -0.598. The van der Waals surface area contributed by atoms with E-state index in [-0.39, 0.29) is 18.6 Å². The first-order chi connectivity index (χ1) is 11.2. The number of benzene rings is 1. The Hall–Kier alpha value is -2.44. The molecule has 0 spiro atoms. The van der Waals surface area contributed by atoms with E-state index in [1.165, 1.54) is 4.90 Å². The predicted octanol–water partition coefficient (Wildman–Crippen LogP) is 1.81. The average molecular weight is 336 g/mol. The first kappa shape index (κ1) is 17.9. The van der Waals surface area contributed by atoms with Crippen LogP contribution in [0.4, 0.5) is 4.79 Å². The van der Waals surface area contributed by atoms with Gasteiger partial charge in [-0.3, -0.25) is 4.79 Å². The normalized spacial score (nSPS) is 16.2. The second kappa shape index (κ2) is 7.42. The van der Waals surface area contributed by atoms with Crippen molar-refractivity contribution in [1.29, 1.82) is 0 Å². The zero-order chi connectivity index (χ0) is 17.7. The first-order valence-corrected chi connectivity index (χ1v) is 7.84. The molecule has 1 aromatic rings. The van der Waals surface area contributed by atoms with Crippen LogP contribution in [0.3, 0.4) is 0 Å². The van der Waals surface area contributed by atoms with Crippen LogP contribution in [0.5, 0.6) is 11.5 Å². The summed E-state index contributed by atoms with van der Waals surface area (Å²) in [6, 6.07) is 7.41. The lowest BCUT2D eigenvalue weighted by atomic mass is 10.2. The number of carbonyl (C=O) groups is 2. The van der Waals surface area contributed by atoms with Gasteiger partial charge in [-0.2, -0.15) is 0 Å². The van der Waals surface area contributed by atoms with Crippen molar-refractivity contribution in [1.82, 2.24) is 10.2 Å². The molecule has 2 rings (SSSR count). The fraction of sp³-hybridized carbons (Fsp3) is 0.529. The molecule has 7 nitrogen and oxygen atoms in total. The Bertz CT molecular complexity index is 597. The second-order valence-corrected chi connectivity index (χ2v) is 6.63. The molecule has 0 aliphatic carbocycles. The number of para-hydroxylation sites is 2. The van der Waals surface area contributed by atoms with Crippen molar-refractivity contribution in [2.75, 3.05) is 26.7 Å². The van der Waals surface area contributed by atoms with Crippen molar-refractivity contribution in [2.45, 2.75) is 32.5 Å². The number of ether oxygens (including phenoxy) is 3. The van der Waals surface area contributed by atoms with Crippen molar-refractivity contribution in [3.8, 4) is 11.5 Å². The van der Waals surface area contributed by atoms with E-state index in [2.05, 4.69) is 5.32 Å². The van der Waals surface area contributed by atoms with Crippen molar-refractivity contribution in [3.63, 3.8) is 0 Å². The zero-order valence-electron chi connectivity index (χ0n) is 14.5. The molecule has 0 radical (unpaired) electrons. The number of hydrogen-bond donors (Lipinski definition) is 1. The number of fused-ring (bicyclic) bond motifs is 1. The summed E-state index contributed by atoms with van der Waals surface area (Å²) in [7, 11) is 1.66. The van der Waals surface area contributed by atoms with Crippen molar-refractivity contribution >= 4 is 12.0 Å². The van der Waals surface area contributed by atoms with Crippen LogP contribution in [-0.4, -0.2) is 55.3 Å². The third-order valence-electron chi connectivity index (χ3n) is 3.25. The molecule has 0 fully saturated rings. The highest BCUT2D eigenvalue weighted by molar-refractivity contribution is 5.82. The molecule has 0 bridgehead atoms. The van der Waals surface area contributed by atoms with E-state index >= 15 is 0 Å². The summed E-state index contributed by atoms with van der Waals surface area (Å²) in [5, 5.41) is 2.45. The van der Waals surface area contributed by atoms with Crippen molar-refractivity contribution in [3.05, 3.63) is 24.3 Å². The van der Waals surface area contributed by atoms with Gasteiger partial charge in [0, 0.05) is 7.05 Å². The molecule has 1 aliphatic heterocycles. The minimum Gasteiger partial charge on any atom is -0.486 e. The molecular weight excluding hydrogens is 312 g/mol. The Morgan fingerprint density at radius 2 is 1.96 bits per heavy atom. The molecule has 0 saturated heterocycles. The topological polar surface area (TPSA) is 77.1 Å². The van der Waals surface area contributed by atoms with Crippen molar-refractivity contribution in [2.24, 2.45) is 0 Å². The second-order valence-electron chi connectivity index (χ2n) is 6.63. The van der Waals surface area contributed by atoms with Gasteiger partial charge in [0.1, 0.15) is 18.8 Å². The maximum atomic E-state index is 12.1. The Morgan fingerprint density at radius 3 is 2.62 bits per heavy atom. The van der Waals surface area contributed by atoms with Crippen LogP contribution in [0.15, 0.2) is 24.3 Å². The van der Waals surface area contributed by atoms with Crippen LogP contribution in [0, 0.1) is 0 Å². The number of carbonyl (C=O) groups excluding carboxylic acids is 2. The number of likely N-dealkylation sites (N-methyl/N-ethyl adjacent to an activating group) is 1. The first-order valence-electron chi connectivity index (χ1n) is 7.84. The highest BCUT2D eigenvalue weighted by Gasteiger charge is 2.24. The number of rotatable bonds is 4. The van der Waals surface area contributed by atoms with Crippen LogP contribution in [0.2, 0.25) is 0 Å². The summed E-state index contributed by atoms with van der Waals surface area (Å²) in [4.78, 5) is 25.2. The highest BCUT2D eigenvalue weighted by atomic mass is 16.6. The zero-order valence-corrected chi connectivity index (χ0v) is 14.5. The van der Waals surface area contributed by atoms with Gasteiger partial charge in [-0.15, -0.1) is 0 Å². The summed E-state index contributed by atoms with van der Waals surface area (Å²) in [6.07, 6.45) is -0.870. The van der Waals surface area contributed by atoms with Gasteiger partial charge in [0.2, 0.25) is 5.91 Å². The van der Waals surface area contributed by atoms with Crippen LogP contribution in [-0.2, 0) is 9.53 Å². The molecule has 0 saturated carbocycles. The van der Waals surface area contributed by atoms with Crippen LogP contribution in [0.1, 0.15) is 20.8 Å². The molecule has 1 atom stereocenters. The molecular formula is C17H24N2O5. The van der Waals surface area contributed by atoms with Gasteiger partial charge < -0.3 is 24.4 Å². The largest absolute Gasteiger partial charge is 0.486 e. The minimum absolute atomic E-state index is 0.129. The van der Waals surface area contributed by atoms with E-state index in [1.807, 2.05) is 24.3 Å². The number of hydrogen-bond acceptors (Lipinski definition) is 5. The van der Waals surface area contributed by atoms with E-state index in [0.29, 0.717) is 24.7 Å². The highest BCUT2D eigenvalue weighted by Crippen LogP contribution is 2.30. The molecule has 132 valence electrons. The SMILES string of the molecule is CN(C[C@@H]1COc2ccccc2O1)C(=O)CNC(=O)OC(C)(C)C. The van der Waals surface area contributed by atoms with Gasteiger partial charge in [0.15, 0.2) is 17.6 Å². The maximum Gasteiger partial charge on any atom is 0.408 e. The lowest BCUT2D eigenvalue weighted by Gasteiger charge is -2.29. The molecule has 0 unspecified atom stereocenters. The van der Waals surface area contributed by atoms with E-state index in [1.54, 1.807) is 27.8 Å². The van der Waals surface area contributed by atoms with Gasteiger partial charge in [0.05, 0.1) is 6.54 Å². The molecule has 1 aromatic carbocycles. The van der Waals surface area contributed by atoms with Gasteiger partial charge in [-0.1, -0.05) is 12.1 Å². The molecule has 7 heteroatoms. The summed E-state index contributed by atoms with van der Waals surface area (Å²) in [6.45, 7) is 5.89. The number of alkyl carbamates (subject to hydrolysis) is 1. The monoisotopic (exact) mass is 336 g/mol. The summed E-state index contributed by atoms with van der Waals surface area (Å²) >= 11 is 0.